The molecule has 14 heavy (non-hydrogen) atoms. The van der Waals surface area contributed by atoms with Gasteiger partial charge in [0.15, 0.2) is 0 Å². The van der Waals surface area contributed by atoms with Crippen LogP contribution in [0.1, 0.15) is 17.2 Å². The van der Waals surface area contributed by atoms with E-state index in [1.165, 1.54) is 5.69 Å². The van der Waals surface area contributed by atoms with Gasteiger partial charge in [-0.05, 0) is 19.9 Å². The summed E-state index contributed by atoms with van der Waals surface area (Å²) in [5.74, 6) is 1.02. The molecular formula is C10H14N4. The van der Waals surface area contributed by atoms with E-state index >= 15 is 0 Å². The van der Waals surface area contributed by atoms with Gasteiger partial charge < -0.3 is 4.57 Å². The van der Waals surface area contributed by atoms with Crippen molar-refractivity contribution in [1.82, 2.24) is 19.3 Å². The third-order valence-corrected chi connectivity index (χ3v) is 2.32. The van der Waals surface area contributed by atoms with Crippen molar-refractivity contribution in [2.24, 2.45) is 7.05 Å². The Morgan fingerprint density at radius 2 is 2.14 bits per heavy atom. The molecule has 0 bridgehead atoms. The minimum Gasteiger partial charge on any atom is -0.336 e. The van der Waals surface area contributed by atoms with E-state index in [-0.39, 0.29) is 0 Å². The monoisotopic (exact) mass is 190 g/mol. The molecule has 4 nitrogen and oxygen atoms in total. The maximum atomic E-state index is 4.39. The summed E-state index contributed by atoms with van der Waals surface area (Å²) in [6.07, 6.45) is 3.75. The number of nitrogens with zero attached hydrogens (tertiary/aromatic N) is 4. The van der Waals surface area contributed by atoms with E-state index in [2.05, 4.69) is 23.1 Å². The Balaban J connectivity index is 2.27. The summed E-state index contributed by atoms with van der Waals surface area (Å²) in [4.78, 5) is 4.26. The second-order valence-electron chi connectivity index (χ2n) is 3.54. The zero-order valence-corrected chi connectivity index (χ0v) is 8.73. The fraction of sp³-hybridized carbons (Fsp3) is 0.400. The number of aromatic nitrogens is 4. The van der Waals surface area contributed by atoms with Crippen LogP contribution in [0.5, 0.6) is 0 Å². The van der Waals surface area contributed by atoms with Crippen LogP contribution in [0.3, 0.4) is 0 Å². The molecule has 0 saturated carbocycles. The van der Waals surface area contributed by atoms with Crippen molar-refractivity contribution in [3.05, 3.63) is 35.7 Å². The van der Waals surface area contributed by atoms with Gasteiger partial charge in [-0.2, -0.15) is 5.10 Å². The average Bonchev–Trinajstić information content (AvgIpc) is 2.62. The van der Waals surface area contributed by atoms with Crippen LogP contribution in [0.15, 0.2) is 18.5 Å². The third kappa shape index (κ3) is 1.55. The van der Waals surface area contributed by atoms with E-state index in [1.54, 1.807) is 6.20 Å². The molecule has 74 valence electrons. The lowest BCUT2D eigenvalue weighted by atomic mass is 10.4. The maximum Gasteiger partial charge on any atom is 0.130 e. The van der Waals surface area contributed by atoms with Gasteiger partial charge in [0.05, 0.1) is 12.2 Å². The van der Waals surface area contributed by atoms with Crippen molar-refractivity contribution in [3.8, 4) is 0 Å². The summed E-state index contributed by atoms with van der Waals surface area (Å²) in [5.41, 5.74) is 2.22. The van der Waals surface area contributed by atoms with Gasteiger partial charge in [0.25, 0.3) is 0 Å². The van der Waals surface area contributed by atoms with E-state index in [0.717, 1.165) is 18.1 Å². The Morgan fingerprint density at radius 1 is 1.36 bits per heavy atom. The highest BCUT2D eigenvalue weighted by Gasteiger charge is 2.04. The lowest BCUT2D eigenvalue weighted by molar-refractivity contribution is 0.612. The summed E-state index contributed by atoms with van der Waals surface area (Å²) in [6.45, 7) is 4.80. The number of aryl methyl sites for hydroxylation is 3. The quantitative estimate of drug-likeness (QED) is 0.715. The van der Waals surface area contributed by atoms with Gasteiger partial charge in [-0.3, -0.25) is 4.68 Å². The first kappa shape index (κ1) is 8.99. The molecule has 0 aliphatic heterocycles. The average molecular weight is 190 g/mol. The largest absolute Gasteiger partial charge is 0.336 e. The van der Waals surface area contributed by atoms with Gasteiger partial charge in [0, 0.05) is 25.1 Å². The summed E-state index contributed by atoms with van der Waals surface area (Å²) in [6, 6.07) is 2.07. The lowest BCUT2D eigenvalue weighted by Gasteiger charge is -2.03. The summed E-state index contributed by atoms with van der Waals surface area (Å²) >= 11 is 0. The standard InChI is InChI=1S/C10H14N4/c1-8-6-9(2)14(12-8)7-10-11-4-5-13(10)3/h4-6H,7H2,1-3H3. The first-order chi connectivity index (χ1) is 6.66. The van der Waals surface area contributed by atoms with Crippen LogP contribution >= 0.6 is 0 Å². The second-order valence-corrected chi connectivity index (χ2v) is 3.54. The highest BCUT2D eigenvalue weighted by atomic mass is 15.3. The maximum absolute atomic E-state index is 4.39. The molecule has 4 heteroatoms. The second kappa shape index (κ2) is 3.29. The molecule has 0 aromatic carbocycles. The Hall–Kier alpha value is -1.58. The van der Waals surface area contributed by atoms with Crippen LogP contribution in [-0.4, -0.2) is 19.3 Å². The Bertz CT molecular complexity index is 439. The van der Waals surface area contributed by atoms with Crippen molar-refractivity contribution in [1.29, 1.82) is 0 Å². The Kier molecular flexibility index (Phi) is 2.11. The van der Waals surface area contributed by atoms with Gasteiger partial charge in [0.1, 0.15) is 5.82 Å². The van der Waals surface area contributed by atoms with E-state index in [4.69, 9.17) is 0 Å². The topological polar surface area (TPSA) is 35.6 Å². The fourth-order valence-electron chi connectivity index (χ4n) is 1.52. The Morgan fingerprint density at radius 3 is 2.64 bits per heavy atom. The molecule has 2 rings (SSSR count). The molecule has 0 aliphatic carbocycles. The predicted octanol–water partition coefficient (Wildman–Crippen LogP) is 1.28. The van der Waals surface area contributed by atoms with Crippen LogP contribution in [0.25, 0.3) is 0 Å². The number of rotatable bonds is 2. The minimum absolute atomic E-state index is 0.739. The molecule has 2 heterocycles. The molecule has 2 aromatic heterocycles. The van der Waals surface area contributed by atoms with E-state index < -0.39 is 0 Å². The van der Waals surface area contributed by atoms with E-state index in [1.807, 2.05) is 29.4 Å². The van der Waals surface area contributed by atoms with Crippen LogP contribution in [0.2, 0.25) is 0 Å². The predicted molar refractivity (Wildman–Crippen MR) is 54.0 cm³/mol. The van der Waals surface area contributed by atoms with Gasteiger partial charge in [0.2, 0.25) is 0 Å². The molecule has 0 amide bonds. The lowest BCUT2D eigenvalue weighted by Crippen LogP contribution is -2.08. The van der Waals surface area contributed by atoms with Crippen molar-refractivity contribution in [2.45, 2.75) is 20.4 Å². The normalized spacial score (nSPS) is 10.8. The van der Waals surface area contributed by atoms with Gasteiger partial charge in [-0.1, -0.05) is 0 Å². The van der Waals surface area contributed by atoms with E-state index in [0.29, 0.717) is 0 Å². The van der Waals surface area contributed by atoms with Gasteiger partial charge in [-0.25, -0.2) is 4.98 Å². The molecular weight excluding hydrogens is 176 g/mol. The van der Waals surface area contributed by atoms with Crippen LogP contribution < -0.4 is 0 Å². The molecule has 0 unspecified atom stereocenters. The Labute approximate surface area is 83.2 Å². The third-order valence-electron chi connectivity index (χ3n) is 2.32. The summed E-state index contributed by atoms with van der Waals surface area (Å²) < 4.78 is 3.98. The first-order valence-electron chi connectivity index (χ1n) is 4.64. The number of hydrogen-bond acceptors (Lipinski definition) is 2. The molecule has 2 aromatic rings. The molecule has 0 saturated heterocycles. The van der Waals surface area contributed by atoms with Crippen LogP contribution in [0, 0.1) is 13.8 Å². The van der Waals surface area contributed by atoms with Crippen LogP contribution in [-0.2, 0) is 13.6 Å². The zero-order chi connectivity index (χ0) is 10.1. The molecule has 0 N–H and O–H groups in total. The van der Waals surface area contributed by atoms with Gasteiger partial charge in [-0.15, -0.1) is 0 Å². The van der Waals surface area contributed by atoms with Crippen LogP contribution in [0.4, 0.5) is 0 Å². The summed E-state index contributed by atoms with van der Waals surface area (Å²) in [7, 11) is 1.99. The SMILES string of the molecule is Cc1cc(C)n(Cc2nccn2C)n1. The number of imidazole rings is 1. The molecule has 0 aliphatic rings. The fourth-order valence-corrected chi connectivity index (χ4v) is 1.52. The molecule has 0 radical (unpaired) electrons. The number of hydrogen-bond donors (Lipinski definition) is 0. The molecule has 0 atom stereocenters. The first-order valence-corrected chi connectivity index (χ1v) is 4.64. The van der Waals surface area contributed by atoms with Crippen molar-refractivity contribution < 1.29 is 0 Å². The molecule has 0 fully saturated rings. The highest BCUT2D eigenvalue weighted by molar-refractivity contribution is 5.08. The smallest absolute Gasteiger partial charge is 0.130 e. The summed E-state index contributed by atoms with van der Waals surface area (Å²) in [5, 5.41) is 4.39. The van der Waals surface area contributed by atoms with Crippen molar-refractivity contribution in [3.63, 3.8) is 0 Å². The zero-order valence-electron chi connectivity index (χ0n) is 8.73. The van der Waals surface area contributed by atoms with Crippen molar-refractivity contribution >= 4 is 0 Å². The highest BCUT2D eigenvalue weighted by Crippen LogP contribution is 2.04. The van der Waals surface area contributed by atoms with Gasteiger partial charge >= 0.3 is 0 Å². The van der Waals surface area contributed by atoms with E-state index in [9.17, 15) is 0 Å². The minimum atomic E-state index is 0.739. The molecule has 0 spiro atoms. The van der Waals surface area contributed by atoms with Crippen molar-refractivity contribution in [2.75, 3.05) is 0 Å².